The van der Waals surface area contributed by atoms with E-state index >= 15 is 0 Å². The lowest BCUT2D eigenvalue weighted by molar-refractivity contribution is -0.261. The first-order valence-electron chi connectivity index (χ1n) is 6.84. The molecule has 2 aromatic heterocycles. The topological polar surface area (TPSA) is 73.3 Å². The van der Waals surface area contributed by atoms with Crippen molar-refractivity contribution >= 4 is 0 Å². The molecule has 2 atom stereocenters. The molecule has 132 valence electrons. The van der Waals surface area contributed by atoms with Crippen LogP contribution in [0.25, 0.3) is 11.5 Å². The third-order valence-corrected chi connectivity index (χ3v) is 3.88. The monoisotopic (exact) mass is 353 g/mol. The number of aliphatic hydroxyl groups is 1. The molecule has 0 aromatic carbocycles. The van der Waals surface area contributed by atoms with Gasteiger partial charge in [0.25, 0.3) is 0 Å². The molecular formula is C13H12F5N3O3. The van der Waals surface area contributed by atoms with E-state index in [-0.39, 0.29) is 29.4 Å². The normalized spacial score (nSPS) is 19.8. The van der Waals surface area contributed by atoms with Gasteiger partial charge in [0.2, 0.25) is 11.5 Å². The highest BCUT2D eigenvalue weighted by atomic mass is 19.4. The van der Waals surface area contributed by atoms with Crippen LogP contribution in [0.5, 0.6) is 5.88 Å². The van der Waals surface area contributed by atoms with Crippen molar-refractivity contribution < 1.29 is 36.3 Å². The van der Waals surface area contributed by atoms with E-state index in [1.54, 1.807) is 6.92 Å². The summed E-state index contributed by atoms with van der Waals surface area (Å²) < 4.78 is 74.3. The molecule has 0 bridgehead atoms. The number of fused-ring (bicyclic) bond motifs is 3. The second-order valence-electron chi connectivity index (χ2n) is 5.67. The molecule has 0 spiro atoms. The number of ether oxygens (including phenoxy) is 1. The smallest absolute Gasteiger partial charge is 0.415 e. The van der Waals surface area contributed by atoms with E-state index in [0.29, 0.717) is 6.92 Å². The van der Waals surface area contributed by atoms with Gasteiger partial charge in [-0.2, -0.15) is 22.0 Å². The molecule has 0 aliphatic carbocycles. The van der Waals surface area contributed by atoms with Crippen LogP contribution in [0, 0.1) is 0 Å². The second-order valence-corrected chi connectivity index (χ2v) is 5.67. The first kappa shape index (κ1) is 16.7. The fraction of sp³-hybridized carbons (Fsp3) is 0.538. The molecule has 3 rings (SSSR count). The van der Waals surface area contributed by atoms with Crippen molar-refractivity contribution in [1.29, 1.82) is 0 Å². The molecule has 0 saturated heterocycles. The Morgan fingerprint density at radius 1 is 1.42 bits per heavy atom. The largest absolute Gasteiger partial charge is 0.422 e. The Morgan fingerprint density at radius 3 is 2.67 bits per heavy atom. The zero-order valence-corrected chi connectivity index (χ0v) is 12.4. The zero-order valence-electron chi connectivity index (χ0n) is 12.4. The van der Waals surface area contributed by atoms with Crippen molar-refractivity contribution in [2.24, 2.45) is 0 Å². The summed E-state index contributed by atoms with van der Waals surface area (Å²) in [4.78, 5) is 0. The van der Waals surface area contributed by atoms with Crippen LogP contribution in [0.4, 0.5) is 22.0 Å². The van der Waals surface area contributed by atoms with Gasteiger partial charge in [-0.1, -0.05) is 12.1 Å². The van der Waals surface area contributed by atoms with E-state index in [4.69, 9.17) is 4.52 Å². The van der Waals surface area contributed by atoms with Gasteiger partial charge in [0, 0.05) is 24.1 Å². The van der Waals surface area contributed by atoms with Crippen LogP contribution in [0.3, 0.4) is 0 Å². The number of alkyl halides is 5. The number of aromatic nitrogens is 3. The maximum Gasteiger partial charge on any atom is 0.422 e. The average molecular weight is 353 g/mol. The molecule has 0 amide bonds. The molecule has 1 N–H and O–H groups in total. The summed E-state index contributed by atoms with van der Waals surface area (Å²) in [6.07, 6.45) is -4.96. The van der Waals surface area contributed by atoms with Crippen LogP contribution in [0.15, 0.2) is 10.6 Å². The molecule has 0 saturated carbocycles. The Morgan fingerprint density at radius 2 is 2.08 bits per heavy atom. The van der Waals surface area contributed by atoms with E-state index < -0.39 is 30.0 Å². The number of rotatable bonds is 3. The summed E-state index contributed by atoms with van der Waals surface area (Å²) >= 11 is 0. The molecule has 24 heavy (non-hydrogen) atoms. The number of halogens is 5. The molecule has 0 fully saturated rings. The van der Waals surface area contributed by atoms with Crippen molar-refractivity contribution in [3.05, 3.63) is 17.3 Å². The minimum Gasteiger partial charge on any atom is -0.415 e. The molecule has 1 unspecified atom stereocenters. The van der Waals surface area contributed by atoms with E-state index in [2.05, 4.69) is 15.0 Å². The molecule has 3 heterocycles. The molecule has 1 aliphatic rings. The van der Waals surface area contributed by atoms with Crippen LogP contribution in [-0.2, 0) is 12.1 Å². The first-order chi connectivity index (χ1) is 11.0. The second kappa shape index (κ2) is 5.16. The van der Waals surface area contributed by atoms with Gasteiger partial charge >= 0.3 is 12.8 Å². The van der Waals surface area contributed by atoms with Gasteiger partial charge in [-0.05, 0) is 6.92 Å². The van der Waals surface area contributed by atoms with Gasteiger partial charge in [-0.25, -0.2) is 0 Å². The number of nitrogens with zero attached hydrogens (tertiary/aromatic N) is 3. The first-order valence-corrected chi connectivity index (χ1v) is 6.84. The highest BCUT2D eigenvalue weighted by Gasteiger charge is 2.55. The fourth-order valence-corrected chi connectivity index (χ4v) is 2.64. The summed E-state index contributed by atoms with van der Waals surface area (Å²) in [6, 6.07) is 1.12. The fourth-order valence-electron chi connectivity index (χ4n) is 2.64. The van der Waals surface area contributed by atoms with E-state index in [1.165, 1.54) is 4.68 Å². The Balaban J connectivity index is 2.10. The number of hydrogen-bond donors (Lipinski definition) is 1. The van der Waals surface area contributed by atoms with Crippen molar-refractivity contribution in [2.75, 3.05) is 0 Å². The quantitative estimate of drug-likeness (QED) is 0.859. The highest BCUT2D eigenvalue weighted by molar-refractivity contribution is 5.63. The minimum atomic E-state index is -4.96. The Kier molecular flexibility index (Phi) is 3.59. The standard InChI is InChI=1S/C13H12F5N3O3/c1-5-4-21-6(3-7(19-21)23-11(14)15)9-8(5)10(20-24-9)12(2,22)13(16,17)18/h3,5,11,22H,4H2,1-2H3/t5?,12-/m1/s1. The van der Waals surface area contributed by atoms with Gasteiger partial charge in [0.05, 0.1) is 0 Å². The Hall–Kier alpha value is -2.17. The molecule has 2 aromatic rings. The van der Waals surface area contributed by atoms with Crippen LogP contribution in [-0.4, -0.2) is 32.8 Å². The maximum atomic E-state index is 13.1. The SMILES string of the molecule is CC1Cn2nc(OC(F)F)cc2-c2onc([C@@](C)(O)C(F)(F)F)c21. The van der Waals surface area contributed by atoms with Crippen molar-refractivity contribution in [2.45, 2.75) is 44.7 Å². The van der Waals surface area contributed by atoms with Crippen LogP contribution in [0.2, 0.25) is 0 Å². The van der Waals surface area contributed by atoms with E-state index in [1.807, 2.05) is 0 Å². The molecular weight excluding hydrogens is 341 g/mol. The van der Waals surface area contributed by atoms with Gasteiger partial charge in [-0.3, -0.25) is 4.68 Å². The van der Waals surface area contributed by atoms with Gasteiger partial charge in [0.15, 0.2) is 5.76 Å². The average Bonchev–Trinajstić information content (AvgIpc) is 3.00. The molecule has 6 nitrogen and oxygen atoms in total. The molecule has 1 aliphatic heterocycles. The minimum absolute atomic E-state index is 0.0633. The summed E-state index contributed by atoms with van der Waals surface area (Å²) in [5, 5.41) is 17.0. The zero-order chi connectivity index (χ0) is 17.9. The van der Waals surface area contributed by atoms with Crippen molar-refractivity contribution in [3.63, 3.8) is 0 Å². The Bertz CT molecular complexity index is 765. The summed E-state index contributed by atoms with van der Waals surface area (Å²) in [5.74, 6) is -0.993. The summed E-state index contributed by atoms with van der Waals surface area (Å²) in [6.45, 7) is -0.828. The lowest BCUT2D eigenvalue weighted by atomic mass is 9.88. The predicted octanol–water partition coefficient (Wildman–Crippen LogP) is 3.03. The van der Waals surface area contributed by atoms with Crippen LogP contribution < -0.4 is 4.74 Å². The van der Waals surface area contributed by atoms with Gasteiger partial charge in [0.1, 0.15) is 11.4 Å². The summed E-state index contributed by atoms with van der Waals surface area (Å²) in [5.41, 5.74) is -3.65. The molecule has 11 heteroatoms. The maximum absolute atomic E-state index is 13.1. The third-order valence-electron chi connectivity index (χ3n) is 3.88. The third kappa shape index (κ3) is 2.43. The van der Waals surface area contributed by atoms with Crippen molar-refractivity contribution in [1.82, 2.24) is 14.9 Å². The van der Waals surface area contributed by atoms with Crippen LogP contribution in [0.1, 0.15) is 31.0 Å². The lowest BCUT2D eigenvalue weighted by Crippen LogP contribution is -2.40. The summed E-state index contributed by atoms with van der Waals surface area (Å²) in [7, 11) is 0. The Labute approximate surface area is 131 Å². The van der Waals surface area contributed by atoms with E-state index in [9.17, 15) is 27.1 Å². The van der Waals surface area contributed by atoms with E-state index in [0.717, 1.165) is 6.07 Å². The predicted molar refractivity (Wildman–Crippen MR) is 68.4 cm³/mol. The van der Waals surface area contributed by atoms with Gasteiger partial charge in [-0.15, -0.1) is 5.10 Å². The highest BCUT2D eigenvalue weighted by Crippen LogP contribution is 2.46. The van der Waals surface area contributed by atoms with Gasteiger partial charge < -0.3 is 14.4 Å². The number of hydrogen-bond acceptors (Lipinski definition) is 5. The lowest BCUT2D eigenvalue weighted by Gasteiger charge is -2.27. The molecule has 0 radical (unpaired) electrons. The van der Waals surface area contributed by atoms with Crippen LogP contribution >= 0.6 is 0 Å². The van der Waals surface area contributed by atoms with Crippen molar-refractivity contribution in [3.8, 4) is 17.3 Å².